The highest BCUT2D eigenvalue weighted by Gasteiger charge is 2.11. The van der Waals surface area contributed by atoms with E-state index in [2.05, 4.69) is 16.0 Å². The number of hydrogen-bond donors (Lipinski definition) is 0. The average molecular weight is 340 g/mol. The molecule has 7 heteroatoms. The van der Waals surface area contributed by atoms with Crippen LogP contribution in [0.1, 0.15) is 17.4 Å². The van der Waals surface area contributed by atoms with Crippen LogP contribution in [0.4, 0.5) is 0 Å². The average Bonchev–Trinajstić information content (AvgIpc) is 3.20. The van der Waals surface area contributed by atoms with E-state index < -0.39 is 0 Å². The maximum atomic E-state index is 12.4. The second kappa shape index (κ2) is 6.72. The fourth-order valence-corrected chi connectivity index (χ4v) is 3.36. The summed E-state index contributed by atoms with van der Waals surface area (Å²) in [7, 11) is 1.61. The van der Waals surface area contributed by atoms with Gasteiger partial charge in [0, 0.05) is 12.7 Å². The summed E-state index contributed by atoms with van der Waals surface area (Å²) >= 11 is 1.39. The standard InChI is InChI=1S/C17H16N4O2S/c1-4-9-21-14-7-6-12(23-3)11-15(14)24-17(21)18-16(22)13-8-10-20(5-2)19-13/h1,6-8,10-11H,5,9H2,2-3H3. The van der Waals surface area contributed by atoms with E-state index in [-0.39, 0.29) is 5.91 Å². The summed E-state index contributed by atoms with van der Waals surface area (Å²) in [6.07, 6.45) is 7.22. The first-order valence-electron chi connectivity index (χ1n) is 7.39. The molecule has 0 spiro atoms. The minimum Gasteiger partial charge on any atom is -0.497 e. The minimum absolute atomic E-state index is 0.319. The molecular weight excluding hydrogens is 324 g/mol. The van der Waals surface area contributed by atoms with Crippen molar-refractivity contribution in [2.45, 2.75) is 20.0 Å². The number of ether oxygens (including phenoxy) is 1. The van der Waals surface area contributed by atoms with Crippen molar-refractivity contribution in [3.63, 3.8) is 0 Å². The van der Waals surface area contributed by atoms with E-state index in [1.807, 2.05) is 29.7 Å². The Hall–Kier alpha value is -2.85. The second-order valence-corrected chi connectivity index (χ2v) is 5.99. The van der Waals surface area contributed by atoms with E-state index in [4.69, 9.17) is 11.2 Å². The smallest absolute Gasteiger partial charge is 0.300 e. The lowest BCUT2D eigenvalue weighted by atomic mass is 10.3. The van der Waals surface area contributed by atoms with Crippen LogP contribution < -0.4 is 9.54 Å². The van der Waals surface area contributed by atoms with Crippen LogP contribution in [0.25, 0.3) is 10.2 Å². The van der Waals surface area contributed by atoms with E-state index in [1.165, 1.54) is 11.3 Å². The number of rotatable bonds is 4. The number of aryl methyl sites for hydroxylation is 1. The molecule has 0 bridgehead atoms. The molecule has 0 unspecified atom stereocenters. The lowest BCUT2D eigenvalue weighted by molar-refractivity contribution is 0.0992. The Bertz CT molecular complexity index is 1000. The predicted octanol–water partition coefficient (Wildman–Crippen LogP) is 2.30. The molecule has 0 atom stereocenters. The van der Waals surface area contributed by atoms with Crippen molar-refractivity contribution < 1.29 is 9.53 Å². The van der Waals surface area contributed by atoms with E-state index in [9.17, 15) is 4.79 Å². The molecule has 0 radical (unpaired) electrons. The Morgan fingerprint density at radius 2 is 2.29 bits per heavy atom. The van der Waals surface area contributed by atoms with Crippen LogP contribution in [0, 0.1) is 12.3 Å². The van der Waals surface area contributed by atoms with Crippen LogP contribution in [0.15, 0.2) is 35.5 Å². The van der Waals surface area contributed by atoms with Gasteiger partial charge in [0.15, 0.2) is 10.5 Å². The van der Waals surface area contributed by atoms with Gasteiger partial charge in [-0.3, -0.25) is 9.48 Å². The summed E-state index contributed by atoms with van der Waals surface area (Å²) in [5.74, 6) is 2.97. The van der Waals surface area contributed by atoms with Crippen molar-refractivity contribution in [3.05, 3.63) is 41.0 Å². The number of benzene rings is 1. The summed E-state index contributed by atoms with van der Waals surface area (Å²) in [4.78, 5) is 17.1. The quantitative estimate of drug-likeness (QED) is 0.685. The zero-order valence-corrected chi connectivity index (χ0v) is 14.2. The Balaban J connectivity index is 2.11. The molecule has 0 aliphatic carbocycles. The van der Waals surface area contributed by atoms with Gasteiger partial charge in [-0.15, -0.1) is 6.42 Å². The predicted molar refractivity (Wildman–Crippen MR) is 93.0 cm³/mol. The number of thiazole rings is 1. The van der Waals surface area contributed by atoms with Crippen molar-refractivity contribution in [1.82, 2.24) is 14.3 Å². The summed E-state index contributed by atoms with van der Waals surface area (Å²) < 4.78 is 9.73. The first-order valence-corrected chi connectivity index (χ1v) is 8.21. The van der Waals surface area contributed by atoms with E-state index in [1.54, 1.807) is 24.1 Å². The Morgan fingerprint density at radius 1 is 1.46 bits per heavy atom. The number of methoxy groups -OCH3 is 1. The van der Waals surface area contributed by atoms with Gasteiger partial charge in [-0.05, 0) is 31.2 Å². The lowest BCUT2D eigenvalue weighted by Crippen LogP contribution is -2.16. The van der Waals surface area contributed by atoms with Gasteiger partial charge in [0.05, 0.1) is 23.9 Å². The number of terminal acetylenes is 1. The molecule has 1 aromatic carbocycles. The molecule has 0 saturated carbocycles. The van der Waals surface area contributed by atoms with Crippen LogP contribution >= 0.6 is 11.3 Å². The third-order valence-electron chi connectivity index (χ3n) is 3.52. The molecule has 24 heavy (non-hydrogen) atoms. The van der Waals surface area contributed by atoms with Crippen LogP contribution in [0.3, 0.4) is 0 Å². The molecule has 3 rings (SSSR count). The van der Waals surface area contributed by atoms with Gasteiger partial charge in [-0.25, -0.2) is 0 Å². The van der Waals surface area contributed by atoms with Gasteiger partial charge in [0.2, 0.25) is 0 Å². The van der Waals surface area contributed by atoms with Crippen molar-refractivity contribution in [3.8, 4) is 18.1 Å². The van der Waals surface area contributed by atoms with Gasteiger partial charge in [-0.1, -0.05) is 17.3 Å². The molecule has 122 valence electrons. The number of amides is 1. The van der Waals surface area contributed by atoms with Crippen LogP contribution in [0.2, 0.25) is 0 Å². The molecule has 2 heterocycles. The number of fused-ring (bicyclic) bond motifs is 1. The molecule has 1 amide bonds. The van der Waals surface area contributed by atoms with Crippen molar-refractivity contribution in [2.75, 3.05) is 7.11 Å². The third kappa shape index (κ3) is 2.96. The highest BCUT2D eigenvalue weighted by molar-refractivity contribution is 7.16. The normalized spacial score (nSPS) is 11.6. The van der Waals surface area contributed by atoms with Crippen LogP contribution in [-0.4, -0.2) is 27.4 Å². The van der Waals surface area contributed by atoms with Gasteiger partial charge in [0.25, 0.3) is 5.91 Å². The highest BCUT2D eigenvalue weighted by atomic mass is 32.1. The van der Waals surface area contributed by atoms with E-state index in [0.717, 1.165) is 16.0 Å². The summed E-state index contributed by atoms with van der Waals surface area (Å²) in [6, 6.07) is 7.34. The van der Waals surface area contributed by atoms with E-state index in [0.29, 0.717) is 23.6 Å². The fourth-order valence-electron chi connectivity index (χ4n) is 2.31. The molecule has 0 saturated heterocycles. The molecule has 6 nitrogen and oxygen atoms in total. The molecular formula is C17H16N4O2S. The number of aromatic nitrogens is 3. The number of nitrogens with zero attached hydrogens (tertiary/aromatic N) is 4. The molecule has 3 aromatic rings. The minimum atomic E-state index is -0.383. The highest BCUT2D eigenvalue weighted by Crippen LogP contribution is 2.23. The Kier molecular flexibility index (Phi) is 4.49. The van der Waals surface area contributed by atoms with Gasteiger partial charge < -0.3 is 9.30 Å². The van der Waals surface area contributed by atoms with Crippen molar-refractivity contribution in [2.24, 2.45) is 4.99 Å². The topological polar surface area (TPSA) is 61.4 Å². The van der Waals surface area contributed by atoms with Gasteiger partial charge in [-0.2, -0.15) is 10.1 Å². The largest absolute Gasteiger partial charge is 0.497 e. The summed E-state index contributed by atoms with van der Waals surface area (Å²) in [6.45, 7) is 2.99. The molecule has 2 aromatic heterocycles. The second-order valence-electron chi connectivity index (χ2n) is 4.98. The Labute approximate surface area is 143 Å². The third-order valence-corrected chi connectivity index (χ3v) is 4.56. The zero-order valence-electron chi connectivity index (χ0n) is 13.4. The van der Waals surface area contributed by atoms with Gasteiger partial charge >= 0.3 is 0 Å². The lowest BCUT2D eigenvalue weighted by Gasteiger charge is -2.01. The molecule has 0 N–H and O–H groups in total. The van der Waals surface area contributed by atoms with E-state index >= 15 is 0 Å². The molecule has 0 aliphatic heterocycles. The Morgan fingerprint density at radius 3 is 2.96 bits per heavy atom. The SMILES string of the molecule is C#CCn1c(=NC(=O)c2ccn(CC)n2)sc2cc(OC)ccc21. The number of carbonyl (C=O) groups excluding carboxylic acids is 1. The van der Waals surface area contributed by atoms with Crippen LogP contribution in [-0.2, 0) is 13.1 Å². The first kappa shape index (κ1) is 16.0. The number of carbonyl (C=O) groups is 1. The zero-order chi connectivity index (χ0) is 17.1. The first-order chi connectivity index (χ1) is 11.7. The summed E-state index contributed by atoms with van der Waals surface area (Å²) in [5.41, 5.74) is 1.24. The monoisotopic (exact) mass is 340 g/mol. The summed E-state index contributed by atoms with van der Waals surface area (Å²) in [5, 5.41) is 4.19. The maximum Gasteiger partial charge on any atom is 0.300 e. The molecule has 0 aliphatic rings. The fraction of sp³-hybridized carbons (Fsp3) is 0.235. The van der Waals surface area contributed by atoms with Crippen LogP contribution in [0.5, 0.6) is 5.75 Å². The van der Waals surface area contributed by atoms with Crippen molar-refractivity contribution >= 4 is 27.5 Å². The number of hydrogen-bond acceptors (Lipinski definition) is 4. The van der Waals surface area contributed by atoms with Gasteiger partial charge in [0.1, 0.15) is 5.75 Å². The maximum absolute atomic E-state index is 12.4. The molecule has 0 fully saturated rings. The van der Waals surface area contributed by atoms with Crippen molar-refractivity contribution in [1.29, 1.82) is 0 Å².